The van der Waals surface area contributed by atoms with E-state index in [-0.39, 0.29) is 0 Å². The zero-order valence-electron chi connectivity index (χ0n) is 20.1. The van der Waals surface area contributed by atoms with Gasteiger partial charge in [-0.2, -0.15) is 0 Å². The van der Waals surface area contributed by atoms with Crippen LogP contribution in [-0.4, -0.2) is 84.2 Å². The molecular formula is C24H40N4O4. The summed E-state index contributed by atoms with van der Waals surface area (Å²) in [7, 11) is 4.97. The van der Waals surface area contributed by atoms with Crippen LogP contribution >= 0.6 is 0 Å². The maximum absolute atomic E-state index is 5.56. The Kier molecular flexibility index (Phi) is 9.74. The summed E-state index contributed by atoms with van der Waals surface area (Å²) in [5.74, 6) is 3.82. The predicted octanol–water partition coefficient (Wildman–Crippen LogP) is 2.31. The van der Waals surface area contributed by atoms with Crippen molar-refractivity contribution in [3.63, 3.8) is 0 Å². The highest BCUT2D eigenvalue weighted by atomic mass is 16.5. The molecule has 32 heavy (non-hydrogen) atoms. The normalized spacial score (nSPS) is 20.2. The topological polar surface area (TPSA) is 76.6 Å². The number of rotatable bonds is 10. The van der Waals surface area contributed by atoms with E-state index in [1.807, 2.05) is 12.1 Å². The van der Waals surface area contributed by atoms with Crippen LogP contribution in [-0.2, 0) is 11.2 Å². The second-order valence-corrected chi connectivity index (χ2v) is 8.47. The Bertz CT molecular complexity index is 704. The molecule has 1 aromatic rings. The van der Waals surface area contributed by atoms with Crippen molar-refractivity contribution in [1.29, 1.82) is 0 Å². The van der Waals surface area contributed by atoms with Gasteiger partial charge in [0.1, 0.15) is 17.2 Å². The van der Waals surface area contributed by atoms with E-state index in [1.165, 1.54) is 13.0 Å². The Morgan fingerprint density at radius 2 is 1.81 bits per heavy atom. The Morgan fingerprint density at radius 3 is 2.38 bits per heavy atom. The molecule has 0 aromatic heterocycles. The van der Waals surface area contributed by atoms with Gasteiger partial charge in [-0.05, 0) is 38.5 Å². The van der Waals surface area contributed by atoms with Gasteiger partial charge < -0.3 is 34.5 Å². The minimum absolute atomic E-state index is 0.453. The lowest BCUT2D eigenvalue weighted by molar-refractivity contribution is 0.150. The van der Waals surface area contributed by atoms with Gasteiger partial charge in [0.25, 0.3) is 0 Å². The van der Waals surface area contributed by atoms with Gasteiger partial charge in [-0.15, -0.1) is 0 Å². The van der Waals surface area contributed by atoms with E-state index in [0.29, 0.717) is 24.3 Å². The monoisotopic (exact) mass is 448 g/mol. The van der Waals surface area contributed by atoms with Gasteiger partial charge >= 0.3 is 0 Å². The van der Waals surface area contributed by atoms with Crippen LogP contribution in [0, 0.1) is 5.92 Å². The number of hydrogen-bond donors (Lipinski definition) is 2. The van der Waals surface area contributed by atoms with Gasteiger partial charge in [0, 0.05) is 63.1 Å². The van der Waals surface area contributed by atoms with E-state index in [9.17, 15) is 0 Å². The third-order valence-electron chi connectivity index (χ3n) is 6.26. The number of ether oxygens (including phenoxy) is 4. The average Bonchev–Trinajstić information content (AvgIpc) is 3.33. The first-order chi connectivity index (χ1) is 15.7. The third-order valence-corrected chi connectivity index (χ3v) is 6.26. The zero-order chi connectivity index (χ0) is 22.8. The van der Waals surface area contributed by atoms with Crippen LogP contribution in [0.1, 0.15) is 31.7 Å². The van der Waals surface area contributed by atoms with Gasteiger partial charge in [0.15, 0.2) is 5.96 Å². The summed E-state index contributed by atoms with van der Waals surface area (Å²) in [6, 6.07) is 4.22. The van der Waals surface area contributed by atoms with Crippen molar-refractivity contribution in [2.75, 3.05) is 67.3 Å². The lowest BCUT2D eigenvalue weighted by Crippen LogP contribution is -2.49. The molecule has 180 valence electrons. The fourth-order valence-electron chi connectivity index (χ4n) is 4.47. The summed E-state index contributed by atoms with van der Waals surface area (Å²) in [5, 5.41) is 7.03. The molecule has 0 saturated carbocycles. The SMILES string of the molecule is CCNC(=NCCc1c(OC)cc(OC)cc1OC)NC1CCN(CC2CCOC2)CC1. The average molecular weight is 449 g/mol. The van der Waals surface area contributed by atoms with E-state index < -0.39 is 0 Å². The van der Waals surface area contributed by atoms with Crippen molar-refractivity contribution in [2.45, 2.75) is 38.6 Å². The summed E-state index contributed by atoms with van der Waals surface area (Å²) in [6.07, 6.45) is 4.20. The number of benzene rings is 1. The highest BCUT2D eigenvalue weighted by Gasteiger charge is 2.24. The number of methoxy groups -OCH3 is 3. The first-order valence-electron chi connectivity index (χ1n) is 11.8. The number of likely N-dealkylation sites (tertiary alicyclic amines) is 1. The minimum Gasteiger partial charge on any atom is -0.496 e. The predicted molar refractivity (Wildman–Crippen MR) is 127 cm³/mol. The molecule has 0 bridgehead atoms. The fourth-order valence-corrected chi connectivity index (χ4v) is 4.47. The molecule has 2 saturated heterocycles. The van der Waals surface area contributed by atoms with E-state index in [1.54, 1.807) is 21.3 Å². The molecule has 0 spiro atoms. The molecule has 1 unspecified atom stereocenters. The van der Waals surface area contributed by atoms with Crippen molar-refractivity contribution in [2.24, 2.45) is 10.9 Å². The van der Waals surface area contributed by atoms with E-state index in [4.69, 9.17) is 23.9 Å². The van der Waals surface area contributed by atoms with E-state index in [0.717, 1.165) is 75.1 Å². The Morgan fingerprint density at radius 1 is 1.09 bits per heavy atom. The summed E-state index contributed by atoms with van der Waals surface area (Å²) in [6.45, 7) is 8.86. The highest BCUT2D eigenvalue weighted by molar-refractivity contribution is 5.80. The second kappa shape index (κ2) is 12.7. The molecular weight excluding hydrogens is 408 g/mol. The molecule has 0 aliphatic carbocycles. The van der Waals surface area contributed by atoms with Crippen LogP contribution in [0.5, 0.6) is 17.2 Å². The Balaban J connectivity index is 1.53. The Labute approximate surface area is 192 Å². The molecule has 2 heterocycles. The summed E-state index contributed by atoms with van der Waals surface area (Å²) in [5.41, 5.74) is 1.000. The highest BCUT2D eigenvalue weighted by Crippen LogP contribution is 2.34. The zero-order valence-corrected chi connectivity index (χ0v) is 20.1. The van der Waals surface area contributed by atoms with Crippen LogP contribution in [0.4, 0.5) is 0 Å². The van der Waals surface area contributed by atoms with Crippen molar-refractivity contribution >= 4 is 5.96 Å². The van der Waals surface area contributed by atoms with Crippen LogP contribution in [0.2, 0.25) is 0 Å². The first kappa shape index (κ1) is 24.5. The van der Waals surface area contributed by atoms with Gasteiger partial charge in [-0.1, -0.05) is 0 Å². The molecule has 2 aliphatic rings. The molecule has 2 aliphatic heterocycles. The van der Waals surface area contributed by atoms with Crippen molar-refractivity contribution < 1.29 is 18.9 Å². The van der Waals surface area contributed by atoms with Crippen LogP contribution in [0.25, 0.3) is 0 Å². The van der Waals surface area contributed by atoms with Crippen molar-refractivity contribution in [3.05, 3.63) is 17.7 Å². The number of nitrogens with one attached hydrogen (secondary N) is 2. The fraction of sp³-hybridized carbons (Fsp3) is 0.708. The van der Waals surface area contributed by atoms with Crippen molar-refractivity contribution in [3.8, 4) is 17.2 Å². The molecule has 1 aromatic carbocycles. The summed E-state index contributed by atoms with van der Waals surface area (Å²) < 4.78 is 22.0. The van der Waals surface area contributed by atoms with E-state index >= 15 is 0 Å². The largest absolute Gasteiger partial charge is 0.496 e. The quantitative estimate of drug-likeness (QED) is 0.420. The maximum Gasteiger partial charge on any atom is 0.191 e. The lowest BCUT2D eigenvalue weighted by atomic mass is 10.0. The smallest absolute Gasteiger partial charge is 0.191 e. The number of guanidine groups is 1. The molecule has 1 atom stereocenters. The summed E-state index contributed by atoms with van der Waals surface area (Å²) in [4.78, 5) is 7.41. The number of hydrogen-bond acceptors (Lipinski definition) is 6. The maximum atomic E-state index is 5.56. The Hall–Kier alpha value is -2.19. The van der Waals surface area contributed by atoms with E-state index in [2.05, 4.69) is 22.5 Å². The summed E-state index contributed by atoms with van der Waals surface area (Å²) >= 11 is 0. The van der Waals surface area contributed by atoms with Crippen LogP contribution < -0.4 is 24.8 Å². The second-order valence-electron chi connectivity index (χ2n) is 8.47. The third kappa shape index (κ3) is 6.90. The van der Waals surface area contributed by atoms with Gasteiger partial charge in [0.2, 0.25) is 0 Å². The molecule has 3 rings (SSSR count). The molecule has 0 amide bonds. The van der Waals surface area contributed by atoms with Crippen LogP contribution in [0.15, 0.2) is 17.1 Å². The standard InChI is InChI=1S/C24H40N4O4/c1-5-25-24(27-19-7-11-28(12-8-19)16-18-9-13-32-17-18)26-10-6-21-22(30-3)14-20(29-2)15-23(21)31-4/h14-15,18-19H,5-13,16-17H2,1-4H3,(H2,25,26,27). The molecule has 2 N–H and O–H groups in total. The molecule has 0 radical (unpaired) electrons. The van der Waals surface area contributed by atoms with Gasteiger partial charge in [-0.3, -0.25) is 4.99 Å². The molecule has 8 heteroatoms. The number of nitrogens with zero attached hydrogens (tertiary/aromatic N) is 2. The minimum atomic E-state index is 0.453. The van der Waals surface area contributed by atoms with Crippen LogP contribution in [0.3, 0.4) is 0 Å². The van der Waals surface area contributed by atoms with Crippen molar-refractivity contribution in [1.82, 2.24) is 15.5 Å². The first-order valence-corrected chi connectivity index (χ1v) is 11.8. The number of aliphatic imine (C=N–C) groups is 1. The van der Waals surface area contributed by atoms with Gasteiger partial charge in [0.05, 0.1) is 27.9 Å². The lowest BCUT2D eigenvalue weighted by Gasteiger charge is -2.34. The molecule has 2 fully saturated rings. The molecule has 8 nitrogen and oxygen atoms in total. The number of piperidine rings is 1. The van der Waals surface area contributed by atoms with Gasteiger partial charge in [-0.25, -0.2) is 0 Å².